The van der Waals surface area contributed by atoms with E-state index in [-0.39, 0.29) is 17.1 Å². The van der Waals surface area contributed by atoms with E-state index in [0.717, 1.165) is 0 Å². The van der Waals surface area contributed by atoms with E-state index in [2.05, 4.69) is 5.32 Å². The minimum atomic E-state index is -1.12. The Morgan fingerprint density at radius 2 is 1.86 bits per heavy atom. The highest BCUT2D eigenvalue weighted by molar-refractivity contribution is 6.09. The third-order valence-corrected chi connectivity index (χ3v) is 3.64. The number of anilines is 1. The Kier molecular flexibility index (Phi) is 7.62. The molecule has 2 N–H and O–H groups in total. The van der Waals surface area contributed by atoms with Crippen LogP contribution < -0.4 is 19.5 Å². The molecule has 29 heavy (non-hydrogen) atoms. The fraction of sp³-hybridized carbons (Fsp3) is 0.190. The average molecular weight is 396 g/mol. The maximum absolute atomic E-state index is 12.4. The number of carboxylic acids is 1. The lowest BCUT2D eigenvalue weighted by molar-refractivity contribution is -0.139. The highest BCUT2D eigenvalue weighted by Crippen LogP contribution is 2.29. The Bertz CT molecular complexity index is 945. The number of rotatable bonds is 9. The molecular formula is C21H20N2O6. The molecule has 0 aliphatic carbocycles. The predicted octanol–water partition coefficient (Wildman–Crippen LogP) is 3.10. The summed E-state index contributed by atoms with van der Waals surface area (Å²) in [6.07, 6.45) is 1.40. The van der Waals surface area contributed by atoms with Gasteiger partial charge in [-0.15, -0.1) is 0 Å². The van der Waals surface area contributed by atoms with Crippen LogP contribution in [0.25, 0.3) is 6.08 Å². The van der Waals surface area contributed by atoms with Crippen LogP contribution in [0.3, 0.4) is 0 Å². The molecule has 0 fully saturated rings. The van der Waals surface area contributed by atoms with Gasteiger partial charge in [-0.25, -0.2) is 4.79 Å². The third kappa shape index (κ3) is 6.29. The summed E-state index contributed by atoms with van der Waals surface area (Å²) in [4.78, 5) is 23.0. The second kappa shape index (κ2) is 10.4. The minimum absolute atomic E-state index is 0.111. The molecule has 8 heteroatoms. The molecule has 2 aromatic rings. The van der Waals surface area contributed by atoms with Crippen molar-refractivity contribution in [3.05, 3.63) is 53.6 Å². The van der Waals surface area contributed by atoms with Crippen LogP contribution in [0.2, 0.25) is 0 Å². The highest BCUT2D eigenvalue weighted by atomic mass is 16.5. The summed E-state index contributed by atoms with van der Waals surface area (Å²) in [6.45, 7) is 1.90. The molecule has 150 valence electrons. The van der Waals surface area contributed by atoms with E-state index >= 15 is 0 Å². The molecular weight excluding hydrogens is 376 g/mol. The number of ether oxygens (including phenoxy) is 3. The molecule has 0 bridgehead atoms. The largest absolute Gasteiger partial charge is 0.494 e. The van der Waals surface area contributed by atoms with Crippen LogP contribution >= 0.6 is 0 Å². The number of nitrogens with one attached hydrogen (secondary N) is 1. The number of aliphatic carboxylic acids is 1. The number of hydrogen-bond acceptors (Lipinski definition) is 6. The monoisotopic (exact) mass is 396 g/mol. The van der Waals surface area contributed by atoms with Gasteiger partial charge in [0.2, 0.25) is 0 Å². The fourth-order valence-corrected chi connectivity index (χ4v) is 2.35. The third-order valence-electron chi connectivity index (χ3n) is 3.64. The summed E-state index contributed by atoms with van der Waals surface area (Å²) in [7, 11) is 1.40. The van der Waals surface area contributed by atoms with Crippen molar-refractivity contribution < 1.29 is 28.9 Å². The van der Waals surface area contributed by atoms with E-state index in [1.807, 2.05) is 13.0 Å². The number of amides is 1. The van der Waals surface area contributed by atoms with E-state index in [0.29, 0.717) is 23.6 Å². The SMILES string of the molecule is CCOc1ccc(NC(=O)/C(C#N)=C\c2ccc(OCC(=O)O)c(OC)c2)cc1. The van der Waals surface area contributed by atoms with E-state index in [9.17, 15) is 14.9 Å². The van der Waals surface area contributed by atoms with Crippen LogP contribution in [-0.4, -0.2) is 37.3 Å². The van der Waals surface area contributed by atoms with Gasteiger partial charge in [-0.2, -0.15) is 5.26 Å². The first-order chi connectivity index (χ1) is 14.0. The molecule has 2 rings (SSSR count). The molecule has 8 nitrogen and oxygen atoms in total. The molecule has 0 aromatic heterocycles. The molecule has 0 saturated carbocycles. The van der Waals surface area contributed by atoms with Gasteiger partial charge in [-0.3, -0.25) is 4.79 Å². The number of methoxy groups -OCH3 is 1. The number of carboxylic acid groups (broad SMARTS) is 1. The number of nitriles is 1. The highest BCUT2D eigenvalue weighted by Gasteiger charge is 2.12. The van der Waals surface area contributed by atoms with Crippen LogP contribution in [0.4, 0.5) is 5.69 Å². The van der Waals surface area contributed by atoms with Crippen LogP contribution in [-0.2, 0) is 9.59 Å². The first-order valence-corrected chi connectivity index (χ1v) is 8.65. The number of hydrogen-bond donors (Lipinski definition) is 2. The molecule has 0 spiro atoms. The zero-order valence-corrected chi connectivity index (χ0v) is 16.0. The standard InChI is InChI=1S/C21H20N2O6/c1-3-28-17-7-5-16(6-8-17)23-21(26)15(12-22)10-14-4-9-18(19(11-14)27-2)29-13-20(24)25/h4-11H,3,13H2,1-2H3,(H,23,26)(H,24,25)/b15-10-. The lowest BCUT2D eigenvalue weighted by atomic mass is 10.1. The minimum Gasteiger partial charge on any atom is -0.494 e. The lowest BCUT2D eigenvalue weighted by Gasteiger charge is -2.10. The van der Waals surface area contributed by atoms with Crippen molar-refractivity contribution in [3.63, 3.8) is 0 Å². The molecule has 0 unspecified atom stereocenters. The lowest BCUT2D eigenvalue weighted by Crippen LogP contribution is -2.13. The van der Waals surface area contributed by atoms with E-state index < -0.39 is 18.5 Å². The zero-order chi connectivity index (χ0) is 21.2. The van der Waals surface area contributed by atoms with Crippen molar-refractivity contribution in [2.24, 2.45) is 0 Å². The first-order valence-electron chi connectivity index (χ1n) is 8.65. The van der Waals surface area contributed by atoms with Crippen molar-refractivity contribution in [2.45, 2.75) is 6.92 Å². The van der Waals surface area contributed by atoms with Gasteiger partial charge in [0.1, 0.15) is 17.4 Å². The quantitative estimate of drug-likeness (QED) is 0.494. The Balaban J connectivity index is 2.16. The molecule has 2 aromatic carbocycles. The van der Waals surface area contributed by atoms with Crippen molar-refractivity contribution in [2.75, 3.05) is 25.6 Å². The van der Waals surface area contributed by atoms with E-state index in [4.69, 9.17) is 19.3 Å². The second-order valence-electron chi connectivity index (χ2n) is 5.67. The predicted molar refractivity (Wildman–Crippen MR) is 106 cm³/mol. The Morgan fingerprint density at radius 3 is 2.45 bits per heavy atom. The Labute approximate surface area is 167 Å². The summed E-state index contributed by atoms with van der Waals surface area (Å²) >= 11 is 0. The molecule has 1 amide bonds. The Hall–Kier alpha value is -3.99. The van der Waals surface area contributed by atoms with Crippen LogP contribution in [0, 0.1) is 11.3 Å². The summed E-state index contributed by atoms with van der Waals surface area (Å²) < 4.78 is 15.7. The van der Waals surface area contributed by atoms with Crippen LogP contribution in [0.5, 0.6) is 17.2 Å². The summed E-state index contributed by atoms with van der Waals surface area (Å²) in [5.74, 6) is -0.483. The number of nitrogens with zero attached hydrogens (tertiary/aromatic N) is 1. The van der Waals surface area contributed by atoms with Gasteiger partial charge < -0.3 is 24.6 Å². The number of benzene rings is 2. The molecule has 0 aliphatic heterocycles. The van der Waals surface area contributed by atoms with E-state index in [1.54, 1.807) is 36.4 Å². The second-order valence-corrected chi connectivity index (χ2v) is 5.67. The molecule has 0 atom stereocenters. The van der Waals surface area contributed by atoms with Crippen molar-refractivity contribution in [1.82, 2.24) is 0 Å². The van der Waals surface area contributed by atoms with Crippen molar-refractivity contribution in [3.8, 4) is 23.3 Å². The Morgan fingerprint density at radius 1 is 1.14 bits per heavy atom. The average Bonchev–Trinajstić information content (AvgIpc) is 2.72. The maximum Gasteiger partial charge on any atom is 0.341 e. The van der Waals surface area contributed by atoms with Crippen LogP contribution in [0.1, 0.15) is 12.5 Å². The number of carbonyl (C=O) groups is 2. The van der Waals surface area contributed by atoms with Gasteiger partial charge >= 0.3 is 5.97 Å². The van der Waals surface area contributed by atoms with Crippen LogP contribution in [0.15, 0.2) is 48.0 Å². The van der Waals surface area contributed by atoms with Gasteiger partial charge in [-0.05, 0) is 55.0 Å². The summed E-state index contributed by atoms with van der Waals surface area (Å²) in [5, 5.41) is 20.7. The van der Waals surface area contributed by atoms with Gasteiger partial charge in [0, 0.05) is 5.69 Å². The molecule has 0 heterocycles. The zero-order valence-electron chi connectivity index (χ0n) is 16.0. The topological polar surface area (TPSA) is 118 Å². The molecule has 0 radical (unpaired) electrons. The van der Waals surface area contributed by atoms with Gasteiger partial charge in [0.15, 0.2) is 18.1 Å². The van der Waals surface area contributed by atoms with Gasteiger partial charge in [-0.1, -0.05) is 6.07 Å². The van der Waals surface area contributed by atoms with Crippen molar-refractivity contribution >= 4 is 23.6 Å². The van der Waals surface area contributed by atoms with E-state index in [1.165, 1.54) is 19.3 Å². The normalized spacial score (nSPS) is 10.6. The fourth-order valence-electron chi connectivity index (χ4n) is 2.35. The van der Waals surface area contributed by atoms with Gasteiger partial charge in [0.05, 0.1) is 13.7 Å². The smallest absolute Gasteiger partial charge is 0.341 e. The number of carbonyl (C=O) groups excluding carboxylic acids is 1. The molecule has 0 saturated heterocycles. The summed E-state index contributed by atoms with van der Waals surface area (Å²) in [5.41, 5.74) is 0.928. The van der Waals surface area contributed by atoms with Gasteiger partial charge in [0.25, 0.3) is 5.91 Å². The summed E-state index contributed by atoms with van der Waals surface area (Å²) in [6, 6.07) is 13.3. The first kappa shape index (κ1) is 21.3. The molecule has 0 aliphatic rings. The van der Waals surface area contributed by atoms with Crippen molar-refractivity contribution in [1.29, 1.82) is 5.26 Å². The maximum atomic E-state index is 12.4.